The molecule has 1 aliphatic carbocycles. The van der Waals surface area contributed by atoms with Gasteiger partial charge in [0.2, 0.25) is 0 Å². The summed E-state index contributed by atoms with van der Waals surface area (Å²) in [6.45, 7) is 1.87. The quantitative estimate of drug-likeness (QED) is 0.551. The lowest BCUT2D eigenvalue weighted by Gasteiger charge is -2.12. The summed E-state index contributed by atoms with van der Waals surface area (Å²) in [5.74, 6) is 0.251. The first kappa shape index (κ1) is 19.7. The number of aryl methyl sites for hydroxylation is 1. The first-order valence-corrected chi connectivity index (χ1v) is 10.6. The molecule has 4 rings (SSSR count). The number of carbonyl (C=O) groups excluding carboxylic acids is 2. The smallest absolute Gasteiger partial charge is 0.266 e. The molecular formula is C22H20N2O3S2. The number of thioether (sulfide) groups is 1. The van der Waals surface area contributed by atoms with Crippen molar-refractivity contribution in [1.82, 2.24) is 4.90 Å². The number of hydrogen-bond donors (Lipinski definition) is 1. The predicted molar refractivity (Wildman–Crippen MR) is 120 cm³/mol. The number of thiocarbonyl (C=S) groups is 1. The minimum absolute atomic E-state index is 0.0468. The van der Waals surface area contributed by atoms with Crippen molar-refractivity contribution in [1.29, 1.82) is 0 Å². The molecule has 1 aliphatic heterocycles. The van der Waals surface area contributed by atoms with Gasteiger partial charge in [-0.05, 0) is 44.0 Å². The molecule has 2 aromatic carbocycles. The van der Waals surface area contributed by atoms with Crippen LogP contribution in [0.25, 0.3) is 6.08 Å². The maximum Gasteiger partial charge on any atom is 0.266 e. The summed E-state index contributed by atoms with van der Waals surface area (Å²) >= 11 is 6.67. The highest BCUT2D eigenvalue weighted by atomic mass is 32.2. The largest absolute Gasteiger partial charge is 0.483 e. The van der Waals surface area contributed by atoms with Gasteiger partial charge in [0.1, 0.15) is 10.1 Å². The predicted octanol–water partition coefficient (Wildman–Crippen LogP) is 4.38. The maximum absolute atomic E-state index is 12.7. The highest BCUT2D eigenvalue weighted by Gasteiger charge is 2.41. The van der Waals surface area contributed by atoms with Crippen molar-refractivity contribution in [2.75, 3.05) is 11.9 Å². The molecule has 1 saturated heterocycles. The van der Waals surface area contributed by atoms with Gasteiger partial charge in [0, 0.05) is 17.3 Å². The minimum atomic E-state index is -0.247. The summed E-state index contributed by atoms with van der Waals surface area (Å²) in [4.78, 5) is 27.2. The third kappa shape index (κ3) is 4.68. The van der Waals surface area contributed by atoms with Gasteiger partial charge in [-0.25, -0.2) is 0 Å². The number of benzene rings is 2. The molecule has 0 atom stereocenters. The molecule has 0 radical (unpaired) electrons. The van der Waals surface area contributed by atoms with Gasteiger partial charge in [-0.15, -0.1) is 0 Å². The van der Waals surface area contributed by atoms with Crippen LogP contribution in [-0.2, 0) is 9.59 Å². The van der Waals surface area contributed by atoms with E-state index in [4.69, 9.17) is 17.0 Å². The molecule has 1 saturated carbocycles. The fraction of sp³-hybridized carbons (Fsp3) is 0.227. The molecule has 2 amide bonds. The maximum atomic E-state index is 12.7. The normalized spacial score (nSPS) is 17.7. The van der Waals surface area contributed by atoms with Gasteiger partial charge in [-0.1, -0.05) is 59.9 Å². The van der Waals surface area contributed by atoms with Gasteiger partial charge in [0.05, 0.1) is 4.91 Å². The van der Waals surface area contributed by atoms with Crippen molar-refractivity contribution in [2.45, 2.75) is 25.8 Å². The summed E-state index contributed by atoms with van der Waals surface area (Å²) in [7, 11) is 0. The molecule has 0 aromatic heterocycles. The summed E-state index contributed by atoms with van der Waals surface area (Å²) in [6.07, 6.45) is 3.81. The topological polar surface area (TPSA) is 58.6 Å². The summed E-state index contributed by atoms with van der Waals surface area (Å²) < 4.78 is 6.34. The number of hydrogen-bond acceptors (Lipinski definition) is 5. The molecule has 2 aromatic rings. The van der Waals surface area contributed by atoms with Crippen molar-refractivity contribution in [3.63, 3.8) is 0 Å². The van der Waals surface area contributed by atoms with Crippen LogP contribution in [-0.4, -0.2) is 33.7 Å². The first-order valence-electron chi connectivity index (χ1n) is 9.36. The van der Waals surface area contributed by atoms with E-state index in [2.05, 4.69) is 5.32 Å². The lowest BCUT2D eigenvalue weighted by Crippen LogP contribution is -2.30. The van der Waals surface area contributed by atoms with Gasteiger partial charge in [-0.3, -0.25) is 14.5 Å². The molecule has 2 aliphatic rings. The number of nitrogens with zero attached hydrogens (tertiary/aromatic N) is 1. The van der Waals surface area contributed by atoms with E-state index in [1.807, 2.05) is 49.4 Å². The van der Waals surface area contributed by atoms with Gasteiger partial charge >= 0.3 is 0 Å². The Kier molecular flexibility index (Phi) is 5.69. The standard InChI is InChI=1S/C22H20N2O3S2/c1-14-6-8-16(9-7-14)23-20(25)13-27-18-5-3-2-4-15(18)12-19-21(26)24(17-10-11-17)22(28)29-19/h2-9,12,17H,10-11,13H2,1H3,(H,23,25). The Morgan fingerprint density at radius 1 is 1.24 bits per heavy atom. The van der Waals surface area contributed by atoms with Crippen LogP contribution < -0.4 is 10.1 Å². The zero-order valence-corrected chi connectivity index (χ0v) is 17.5. The number of anilines is 1. The van der Waals surface area contributed by atoms with Crippen molar-refractivity contribution in [3.05, 3.63) is 64.6 Å². The average Bonchev–Trinajstić information content (AvgIpc) is 3.49. The Balaban J connectivity index is 1.43. The number of ether oxygens (including phenoxy) is 1. The summed E-state index contributed by atoms with van der Waals surface area (Å²) in [5.41, 5.74) is 2.59. The van der Waals surface area contributed by atoms with Crippen molar-refractivity contribution in [3.8, 4) is 5.75 Å². The second-order valence-corrected chi connectivity index (χ2v) is 8.70. The molecular weight excluding hydrogens is 404 g/mol. The van der Waals surface area contributed by atoms with Gasteiger partial charge in [0.25, 0.3) is 11.8 Å². The van der Waals surface area contributed by atoms with Crippen molar-refractivity contribution in [2.24, 2.45) is 0 Å². The lowest BCUT2D eigenvalue weighted by molar-refractivity contribution is -0.122. The molecule has 0 spiro atoms. The van der Waals surface area contributed by atoms with E-state index in [0.29, 0.717) is 15.0 Å². The minimum Gasteiger partial charge on any atom is -0.483 e. The summed E-state index contributed by atoms with van der Waals surface area (Å²) in [6, 6.07) is 15.2. The molecule has 5 nitrogen and oxygen atoms in total. The van der Waals surface area contributed by atoms with Crippen LogP contribution >= 0.6 is 24.0 Å². The Labute approximate surface area is 179 Å². The van der Waals surface area contributed by atoms with E-state index in [-0.39, 0.29) is 24.5 Å². The Morgan fingerprint density at radius 3 is 2.69 bits per heavy atom. The van der Waals surface area contributed by atoms with Crippen LogP contribution in [0.15, 0.2) is 53.4 Å². The first-order chi connectivity index (χ1) is 14.0. The number of nitrogens with one attached hydrogen (secondary N) is 1. The second-order valence-electron chi connectivity index (χ2n) is 7.02. The Hall–Kier alpha value is -2.64. The van der Waals surface area contributed by atoms with Crippen LogP contribution in [0.2, 0.25) is 0 Å². The molecule has 1 heterocycles. The number of rotatable bonds is 6. The van der Waals surface area contributed by atoms with E-state index in [0.717, 1.165) is 29.7 Å². The number of para-hydroxylation sites is 1. The van der Waals surface area contributed by atoms with Crippen LogP contribution in [0.3, 0.4) is 0 Å². The molecule has 2 fully saturated rings. The molecule has 1 N–H and O–H groups in total. The molecule has 29 heavy (non-hydrogen) atoms. The third-order valence-corrected chi connectivity index (χ3v) is 5.97. The average molecular weight is 425 g/mol. The number of amides is 2. The lowest BCUT2D eigenvalue weighted by atomic mass is 10.2. The third-order valence-electron chi connectivity index (χ3n) is 4.64. The summed E-state index contributed by atoms with van der Waals surface area (Å²) in [5, 5.41) is 2.81. The van der Waals surface area contributed by atoms with E-state index in [1.54, 1.807) is 17.0 Å². The van der Waals surface area contributed by atoms with Crippen molar-refractivity contribution >= 4 is 51.9 Å². The van der Waals surface area contributed by atoms with E-state index in [9.17, 15) is 9.59 Å². The second kappa shape index (κ2) is 8.39. The van der Waals surface area contributed by atoms with E-state index in [1.165, 1.54) is 11.8 Å². The van der Waals surface area contributed by atoms with Crippen molar-refractivity contribution < 1.29 is 14.3 Å². The van der Waals surface area contributed by atoms with E-state index < -0.39 is 0 Å². The molecule has 148 valence electrons. The Morgan fingerprint density at radius 2 is 1.97 bits per heavy atom. The highest BCUT2D eigenvalue weighted by Crippen LogP contribution is 2.40. The van der Waals surface area contributed by atoms with Gasteiger partial charge in [0.15, 0.2) is 6.61 Å². The monoisotopic (exact) mass is 424 g/mol. The highest BCUT2D eigenvalue weighted by molar-refractivity contribution is 8.26. The van der Waals surface area contributed by atoms with Crippen LogP contribution in [0.4, 0.5) is 5.69 Å². The van der Waals surface area contributed by atoms with Crippen LogP contribution in [0, 0.1) is 6.92 Å². The zero-order chi connectivity index (χ0) is 20.4. The molecule has 0 bridgehead atoms. The SMILES string of the molecule is Cc1ccc(NC(=O)COc2ccccc2C=C2SC(=S)N(C3CC3)C2=O)cc1. The fourth-order valence-corrected chi connectivity index (χ4v) is 4.37. The van der Waals surface area contributed by atoms with E-state index >= 15 is 0 Å². The molecule has 7 heteroatoms. The number of carbonyl (C=O) groups is 2. The van der Waals surface area contributed by atoms with Gasteiger partial charge in [-0.2, -0.15) is 0 Å². The fourth-order valence-electron chi connectivity index (χ4n) is 2.98. The Bertz CT molecular complexity index is 997. The molecule has 0 unspecified atom stereocenters. The van der Waals surface area contributed by atoms with Crippen LogP contribution in [0.5, 0.6) is 5.75 Å². The van der Waals surface area contributed by atoms with Gasteiger partial charge < -0.3 is 10.1 Å². The zero-order valence-electron chi connectivity index (χ0n) is 15.9. The van der Waals surface area contributed by atoms with Crippen LogP contribution in [0.1, 0.15) is 24.0 Å².